The third-order valence-corrected chi connectivity index (χ3v) is 3.42. The smallest absolute Gasteiger partial charge is 0.257 e. The van der Waals surface area contributed by atoms with Crippen LogP contribution in [0.4, 0.5) is 0 Å². The predicted molar refractivity (Wildman–Crippen MR) is 75.2 cm³/mol. The number of aryl methyl sites for hydroxylation is 1. The molecule has 1 unspecified atom stereocenters. The van der Waals surface area contributed by atoms with E-state index in [9.17, 15) is 0 Å². The topological polar surface area (TPSA) is 51.4 Å². The fourth-order valence-corrected chi connectivity index (χ4v) is 2.45. The summed E-state index contributed by atoms with van der Waals surface area (Å²) in [6.45, 7) is 7.44. The van der Waals surface area contributed by atoms with Crippen LogP contribution in [0.5, 0.6) is 0 Å². The minimum atomic E-state index is 0.270. The van der Waals surface area contributed by atoms with E-state index in [1.54, 1.807) is 0 Å². The van der Waals surface area contributed by atoms with Gasteiger partial charge in [-0.15, -0.1) is 0 Å². The summed E-state index contributed by atoms with van der Waals surface area (Å²) in [5, 5.41) is 4.07. The number of ether oxygens (including phenoxy) is 1. The average molecular weight is 273 g/mol. The number of benzene rings is 1. The minimum absolute atomic E-state index is 0.270. The molecule has 1 aliphatic heterocycles. The Labute approximate surface area is 118 Å². The fourth-order valence-electron chi connectivity index (χ4n) is 2.45. The molecule has 0 radical (unpaired) electrons. The first-order valence-corrected chi connectivity index (χ1v) is 6.94. The third kappa shape index (κ3) is 3.05. The van der Waals surface area contributed by atoms with Crippen LogP contribution in [0.1, 0.15) is 18.3 Å². The first-order chi connectivity index (χ1) is 9.70. The van der Waals surface area contributed by atoms with Crippen LogP contribution in [-0.4, -0.2) is 40.8 Å². The molecule has 1 aromatic carbocycles. The molecule has 5 heteroatoms. The van der Waals surface area contributed by atoms with Crippen molar-refractivity contribution in [2.75, 3.05) is 19.7 Å². The van der Waals surface area contributed by atoms with Crippen molar-refractivity contribution >= 4 is 0 Å². The lowest BCUT2D eigenvalue weighted by Crippen LogP contribution is -2.40. The molecule has 3 rings (SSSR count). The van der Waals surface area contributed by atoms with Gasteiger partial charge in [-0.25, -0.2) is 0 Å². The summed E-state index contributed by atoms with van der Waals surface area (Å²) < 4.78 is 10.9. The van der Waals surface area contributed by atoms with E-state index in [0.29, 0.717) is 12.4 Å². The minimum Gasteiger partial charge on any atom is -0.376 e. The zero-order valence-corrected chi connectivity index (χ0v) is 11.9. The number of aromatic nitrogens is 2. The molecule has 5 nitrogen and oxygen atoms in total. The van der Waals surface area contributed by atoms with Crippen LogP contribution in [0.25, 0.3) is 11.5 Å². The van der Waals surface area contributed by atoms with Crippen molar-refractivity contribution in [2.45, 2.75) is 26.5 Å². The predicted octanol–water partition coefficient (Wildman–Crippen LogP) is 2.27. The van der Waals surface area contributed by atoms with Gasteiger partial charge in [0.15, 0.2) is 5.82 Å². The fraction of sp³-hybridized carbons (Fsp3) is 0.467. The van der Waals surface area contributed by atoms with Crippen LogP contribution in [0.3, 0.4) is 0 Å². The SMILES string of the molecule is Cc1cccc(-c2nc(CN3CCOC(C)C3)no2)c1. The second-order valence-electron chi connectivity index (χ2n) is 5.30. The number of rotatable bonds is 3. The lowest BCUT2D eigenvalue weighted by Gasteiger charge is -2.29. The van der Waals surface area contributed by atoms with E-state index in [0.717, 1.165) is 31.1 Å². The maximum Gasteiger partial charge on any atom is 0.257 e. The lowest BCUT2D eigenvalue weighted by atomic mass is 10.1. The molecule has 1 saturated heterocycles. The van der Waals surface area contributed by atoms with Crippen LogP contribution in [-0.2, 0) is 11.3 Å². The second kappa shape index (κ2) is 5.73. The Morgan fingerprint density at radius 1 is 1.40 bits per heavy atom. The largest absolute Gasteiger partial charge is 0.376 e. The van der Waals surface area contributed by atoms with E-state index in [1.807, 2.05) is 18.2 Å². The van der Waals surface area contributed by atoms with E-state index in [2.05, 4.69) is 35.0 Å². The van der Waals surface area contributed by atoms with Crippen molar-refractivity contribution in [3.05, 3.63) is 35.7 Å². The van der Waals surface area contributed by atoms with Crippen LogP contribution in [0, 0.1) is 6.92 Å². The van der Waals surface area contributed by atoms with Crippen LogP contribution < -0.4 is 0 Å². The Morgan fingerprint density at radius 3 is 3.10 bits per heavy atom. The summed E-state index contributed by atoms with van der Waals surface area (Å²) in [4.78, 5) is 6.77. The summed E-state index contributed by atoms with van der Waals surface area (Å²) in [6, 6.07) is 8.09. The molecule has 0 N–H and O–H groups in total. The quantitative estimate of drug-likeness (QED) is 0.858. The second-order valence-corrected chi connectivity index (χ2v) is 5.30. The van der Waals surface area contributed by atoms with Gasteiger partial charge in [-0.05, 0) is 26.0 Å². The normalized spacial score (nSPS) is 20.2. The van der Waals surface area contributed by atoms with Crippen molar-refractivity contribution in [3.8, 4) is 11.5 Å². The van der Waals surface area contributed by atoms with Crippen molar-refractivity contribution < 1.29 is 9.26 Å². The molecule has 0 amide bonds. The van der Waals surface area contributed by atoms with Crippen LogP contribution in [0.2, 0.25) is 0 Å². The Bertz CT molecular complexity index is 582. The molecule has 0 saturated carbocycles. The number of hydrogen-bond donors (Lipinski definition) is 0. The van der Waals surface area contributed by atoms with Gasteiger partial charge in [0.25, 0.3) is 5.89 Å². The number of hydrogen-bond acceptors (Lipinski definition) is 5. The monoisotopic (exact) mass is 273 g/mol. The van der Waals surface area contributed by atoms with E-state index in [1.165, 1.54) is 5.56 Å². The lowest BCUT2D eigenvalue weighted by molar-refractivity contribution is -0.0221. The molecule has 1 atom stereocenters. The highest BCUT2D eigenvalue weighted by molar-refractivity contribution is 5.53. The Morgan fingerprint density at radius 2 is 2.30 bits per heavy atom. The van der Waals surface area contributed by atoms with Gasteiger partial charge in [0, 0.05) is 18.7 Å². The van der Waals surface area contributed by atoms with E-state index >= 15 is 0 Å². The Kier molecular flexibility index (Phi) is 3.80. The highest BCUT2D eigenvalue weighted by atomic mass is 16.5. The van der Waals surface area contributed by atoms with Gasteiger partial charge in [-0.3, -0.25) is 4.90 Å². The molecular weight excluding hydrogens is 254 g/mol. The van der Waals surface area contributed by atoms with E-state index in [-0.39, 0.29) is 6.10 Å². The van der Waals surface area contributed by atoms with E-state index in [4.69, 9.17) is 9.26 Å². The molecule has 0 spiro atoms. The van der Waals surface area contributed by atoms with Crippen molar-refractivity contribution in [1.29, 1.82) is 0 Å². The molecule has 0 bridgehead atoms. The molecule has 0 aliphatic carbocycles. The Hall–Kier alpha value is -1.72. The van der Waals surface area contributed by atoms with Crippen molar-refractivity contribution in [2.24, 2.45) is 0 Å². The molecule has 1 aromatic heterocycles. The molecular formula is C15H19N3O2. The highest BCUT2D eigenvalue weighted by Gasteiger charge is 2.19. The molecule has 106 valence electrons. The first-order valence-electron chi connectivity index (χ1n) is 6.94. The standard InChI is InChI=1S/C15H19N3O2/c1-11-4-3-5-13(8-11)15-16-14(17-20-15)10-18-6-7-19-12(2)9-18/h3-5,8,12H,6-7,9-10H2,1-2H3. The first kappa shape index (κ1) is 13.3. The van der Waals surface area contributed by atoms with Gasteiger partial charge in [0.1, 0.15) is 0 Å². The van der Waals surface area contributed by atoms with Crippen molar-refractivity contribution in [3.63, 3.8) is 0 Å². The van der Waals surface area contributed by atoms with Crippen molar-refractivity contribution in [1.82, 2.24) is 15.0 Å². The summed E-state index contributed by atoms with van der Waals surface area (Å²) in [6.07, 6.45) is 0.270. The van der Waals surface area contributed by atoms with Gasteiger partial charge in [0.2, 0.25) is 0 Å². The molecule has 2 aromatic rings. The summed E-state index contributed by atoms with van der Waals surface area (Å²) >= 11 is 0. The average Bonchev–Trinajstić information content (AvgIpc) is 2.87. The number of morpholine rings is 1. The highest BCUT2D eigenvalue weighted by Crippen LogP contribution is 2.19. The maximum atomic E-state index is 5.53. The molecule has 20 heavy (non-hydrogen) atoms. The Balaban J connectivity index is 1.70. The zero-order chi connectivity index (χ0) is 13.9. The summed E-state index contributed by atoms with van der Waals surface area (Å²) in [5.41, 5.74) is 2.16. The maximum absolute atomic E-state index is 5.53. The molecule has 1 aliphatic rings. The van der Waals surface area contributed by atoms with Gasteiger partial charge in [-0.2, -0.15) is 4.98 Å². The van der Waals surface area contributed by atoms with E-state index < -0.39 is 0 Å². The summed E-state index contributed by atoms with van der Waals surface area (Å²) in [7, 11) is 0. The molecule has 2 heterocycles. The third-order valence-electron chi connectivity index (χ3n) is 3.42. The van der Waals surface area contributed by atoms with Gasteiger partial charge < -0.3 is 9.26 Å². The van der Waals surface area contributed by atoms with Gasteiger partial charge in [0.05, 0.1) is 19.3 Å². The van der Waals surface area contributed by atoms with Crippen LogP contribution >= 0.6 is 0 Å². The number of nitrogens with zero attached hydrogens (tertiary/aromatic N) is 3. The van der Waals surface area contributed by atoms with Crippen LogP contribution in [0.15, 0.2) is 28.8 Å². The van der Waals surface area contributed by atoms with Gasteiger partial charge >= 0.3 is 0 Å². The van der Waals surface area contributed by atoms with Gasteiger partial charge in [-0.1, -0.05) is 22.9 Å². The zero-order valence-electron chi connectivity index (χ0n) is 11.9. The molecule has 1 fully saturated rings. The summed E-state index contributed by atoms with van der Waals surface area (Å²) in [5.74, 6) is 1.32.